The Labute approximate surface area is 191 Å². The summed E-state index contributed by atoms with van der Waals surface area (Å²) in [6, 6.07) is 5.93. The summed E-state index contributed by atoms with van der Waals surface area (Å²) >= 11 is 0. The van der Waals surface area contributed by atoms with Gasteiger partial charge in [0.2, 0.25) is 5.91 Å². The van der Waals surface area contributed by atoms with Crippen LogP contribution in [0.1, 0.15) is 42.1 Å². The number of rotatable bonds is 5. The van der Waals surface area contributed by atoms with Crippen molar-refractivity contribution >= 4 is 17.4 Å². The second kappa shape index (κ2) is 8.59. The van der Waals surface area contributed by atoms with Gasteiger partial charge >= 0.3 is 5.97 Å². The Bertz CT molecular complexity index is 1170. The van der Waals surface area contributed by atoms with E-state index in [1.165, 1.54) is 12.0 Å². The SMILES string of the molecule is COC(=O)[C@H]1[C@H](CO)[C@H]2Cn3c(ccc(C4=CCCC4)c3=O)[C@H]2N1C(=O)Cc1cccnc1. The lowest BCUT2D eigenvalue weighted by Crippen LogP contribution is -2.47. The van der Waals surface area contributed by atoms with Gasteiger partial charge in [-0.05, 0) is 48.6 Å². The van der Waals surface area contributed by atoms with E-state index in [0.717, 1.165) is 30.4 Å². The van der Waals surface area contributed by atoms with Gasteiger partial charge in [-0.2, -0.15) is 0 Å². The minimum Gasteiger partial charge on any atom is -0.467 e. The van der Waals surface area contributed by atoms with E-state index in [2.05, 4.69) is 11.1 Å². The van der Waals surface area contributed by atoms with Gasteiger partial charge in [0.05, 0.1) is 19.6 Å². The molecule has 2 aromatic heterocycles. The predicted molar refractivity (Wildman–Crippen MR) is 120 cm³/mol. The number of carbonyl (C=O) groups is 2. The van der Waals surface area contributed by atoms with Crippen molar-refractivity contribution in [3.05, 3.63) is 69.9 Å². The summed E-state index contributed by atoms with van der Waals surface area (Å²) in [5.74, 6) is -1.58. The molecule has 4 heterocycles. The number of aliphatic hydroxyl groups is 1. The van der Waals surface area contributed by atoms with Crippen molar-refractivity contribution in [1.29, 1.82) is 0 Å². The second-order valence-electron chi connectivity index (χ2n) is 8.97. The van der Waals surface area contributed by atoms with Crippen molar-refractivity contribution in [3.8, 4) is 0 Å². The molecule has 172 valence electrons. The van der Waals surface area contributed by atoms with E-state index in [4.69, 9.17) is 4.74 Å². The maximum atomic E-state index is 13.5. The Morgan fingerprint density at radius 2 is 2.12 bits per heavy atom. The highest BCUT2D eigenvalue weighted by Gasteiger charge is 2.57. The molecule has 8 heteroatoms. The van der Waals surface area contributed by atoms with Gasteiger partial charge in [-0.3, -0.25) is 14.6 Å². The molecule has 1 N–H and O–H groups in total. The summed E-state index contributed by atoms with van der Waals surface area (Å²) in [7, 11) is 1.29. The highest BCUT2D eigenvalue weighted by molar-refractivity contribution is 5.87. The molecule has 0 spiro atoms. The molecule has 2 aliphatic heterocycles. The van der Waals surface area contributed by atoms with Crippen LogP contribution in [0.2, 0.25) is 0 Å². The molecule has 33 heavy (non-hydrogen) atoms. The molecule has 3 aliphatic rings. The van der Waals surface area contributed by atoms with Crippen molar-refractivity contribution < 1.29 is 19.4 Å². The van der Waals surface area contributed by atoms with E-state index in [1.807, 2.05) is 18.2 Å². The number of hydrogen-bond donors (Lipinski definition) is 1. The fourth-order valence-electron chi connectivity index (χ4n) is 5.78. The van der Waals surface area contributed by atoms with Crippen LogP contribution >= 0.6 is 0 Å². The molecule has 1 fully saturated rings. The monoisotopic (exact) mass is 449 g/mol. The number of aromatic nitrogens is 2. The Morgan fingerprint density at radius 3 is 2.79 bits per heavy atom. The molecular formula is C25H27N3O5. The fraction of sp³-hybridized carbons (Fsp3) is 0.440. The van der Waals surface area contributed by atoms with Gasteiger partial charge in [0.1, 0.15) is 6.04 Å². The molecule has 0 unspecified atom stereocenters. The number of pyridine rings is 2. The minimum atomic E-state index is -0.903. The minimum absolute atomic E-state index is 0.0674. The predicted octanol–water partition coefficient (Wildman–Crippen LogP) is 1.72. The van der Waals surface area contributed by atoms with E-state index in [1.54, 1.807) is 23.0 Å². The molecule has 0 radical (unpaired) electrons. The molecule has 2 aromatic rings. The van der Waals surface area contributed by atoms with Gasteiger partial charge in [-0.25, -0.2) is 4.79 Å². The average Bonchev–Trinajstić information content (AvgIpc) is 3.54. The summed E-state index contributed by atoms with van der Waals surface area (Å²) in [5.41, 5.74) is 3.14. The highest BCUT2D eigenvalue weighted by atomic mass is 16.5. The summed E-state index contributed by atoms with van der Waals surface area (Å²) < 4.78 is 6.75. The lowest BCUT2D eigenvalue weighted by molar-refractivity contribution is -0.154. The van der Waals surface area contributed by atoms with E-state index in [9.17, 15) is 19.5 Å². The number of nitrogens with zero attached hydrogens (tertiary/aromatic N) is 3. The maximum absolute atomic E-state index is 13.5. The first-order valence-corrected chi connectivity index (χ1v) is 11.4. The standard InChI is InChI=1S/C25H27N3O5/c1-33-25(32)23-19(14-29)18-13-27-20(9-8-17(24(27)31)16-6-2-3-7-16)22(18)28(23)21(30)11-15-5-4-10-26-12-15/h4-6,8-10,12,18-19,22-23,29H,2-3,7,11,13-14H2,1H3/t18-,19-,22+,23-/m1/s1. The van der Waals surface area contributed by atoms with Crippen molar-refractivity contribution in [1.82, 2.24) is 14.5 Å². The molecular weight excluding hydrogens is 422 g/mol. The van der Waals surface area contributed by atoms with Crippen molar-refractivity contribution in [3.63, 3.8) is 0 Å². The molecule has 0 saturated carbocycles. The molecule has 5 rings (SSSR count). The average molecular weight is 450 g/mol. The largest absolute Gasteiger partial charge is 0.467 e. The quantitative estimate of drug-likeness (QED) is 0.698. The zero-order valence-corrected chi connectivity index (χ0v) is 18.5. The first-order valence-electron chi connectivity index (χ1n) is 11.4. The smallest absolute Gasteiger partial charge is 0.328 e. The molecule has 4 atom stereocenters. The van der Waals surface area contributed by atoms with Crippen LogP contribution in [0, 0.1) is 11.8 Å². The van der Waals surface area contributed by atoms with Gasteiger partial charge in [-0.15, -0.1) is 0 Å². The lowest BCUT2D eigenvalue weighted by Gasteiger charge is -2.30. The van der Waals surface area contributed by atoms with Crippen molar-refractivity contribution in [2.75, 3.05) is 13.7 Å². The number of allylic oxidation sites excluding steroid dienone is 2. The maximum Gasteiger partial charge on any atom is 0.328 e. The van der Waals surface area contributed by atoms with E-state index in [0.29, 0.717) is 17.8 Å². The molecule has 0 aromatic carbocycles. The second-order valence-corrected chi connectivity index (χ2v) is 8.97. The number of aliphatic hydroxyl groups excluding tert-OH is 1. The van der Waals surface area contributed by atoms with Gasteiger partial charge in [0, 0.05) is 48.6 Å². The number of hydrogen-bond acceptors (Lipinski definition) is 6. The number of methoxy groups -OCH3 is 1. The molecule has 1 aliphatic carbocycles. The van der Waals surface area contributed by atoms with Crippen LogP contribution in [-0.4, -0.2) is 51.2 Å². The first-order chi connectivity index (χ1) is 16.0. The summed E-state index contributed by atoms with van der Waals surface area (Å²) in [6.07, 6.45) is 8.36. The number of carbonyl (C=O) groups excluding carboxylic acids is 2. The Hall–Kier alpha value is -3.26. The summed E-state index contributed by atoms with van der Waals surface area (Å²) in [6.45, 7) is 0.0771. The number of esters is 1. The molecule has 1 amide bonds. The summed E-state index contributed by atoms with van der Waals surface area (Å²) in [5, 5.41) is 10.2. The van der Waals surface area contributed by atoms with Crippen LogP contribution in [0.3, 0.4) is 0 Å². The van der Waals surface area contributed by atoms with E-state index in [-0.39, 0.29) is 30.4 Å². The van der Waals surface area contributed by atoms with Crippen LogP contribution in [0.5, 0.6) is 0 Å². The Kier molecular flexibility index (Phi) is 5.62. The number of likely N-dealkylation sites (tertiary alicyclic amines) is 1. The first kappa shape index (κ1) is 21.6. The molecule has 0 bridgehead atoms. The van der Waals surface area contributed by atoms with Crippen LogP contribution in [0.25, 0.3) is 5.57 Å². The van der Waals surface area contributed by atoms with Crippen LogP contribution < -0.4 is 5.56 Å². The third-order valence-electron chi connectivity index (χ3n) is 7.27. The molecule has 1 saturated heterocycles. The number of ether oxygens (including phenoxy) is 1. The highest BCUT2D eigenvalue weighted by Crippen LogP contribution is 2.49. The van der Waals surface area contributed by atoms with Crippen molar-refractivity contribution in [2.45, 2.75) is 44.3 Å². The van der Waals surface area contributed by atoms with Crippen molar-refractivity contribution in [2.24, 2.45) is 11.8 Å². The topological polar surface area (TPSA) is 102 Å². The normalized spacial score (nSPS) is 25.5. The van der Waals surface area contributed by atoms with E-state index < -0.39 is 24.0 Å². The number of amides is 1. The number of fused-ring (bicyclic) bond motifs is 3. The van der Waals surface area contributed by atoms with Gasteiger partial charge in [0.25, 0.3) is 5.56 Å². The van der Waals surface area contributed by atoms with E-state index >= 15 is 0 Å². The molecule has 8 nitrogen and oxygen atoms in total. The summed E-state index contributed by atoms with van der Waals surface area (Å²) in [4.78, 5) is 45.3. The van der Waals surface area contributed by atoms with Gasteiger partial charge in [0.15, 0.2) is 0 Å². The van der Waals surface area contributed by atoms with Crippen LogP contribution in [0.4, 0.5) is 0 Å². The van der Waals surface area contributed by atoms with Gasteiger partial charge < -0.3 is 19.3 Å². The Balaban J connectivity index is 1.57. The van der Waals surface area contributed by atoms with Crippen LogP contribution in [0.15, 0.2) is 47.5 Å². The third kappa shape index (κ3) is 3.49. The Morgan fingerprint density at radius 1 is 1.27 bits per heavy atom. The lowest BCUT2D eigenvalue weighted by atomic mass is 9.88. The third-order valence-corrected chi connectivity index (χ3v) is 7.27. The van der Waals surface area contributed by atoms with Gasteiger partial charge in [-0.1, -0.05) is 12.1 Å². The zero-order chi connectivity index (χ0) is 23.1. The van der Waals surface area contributed by atoms with Crippen LogP contribution in [-0.2, 0) is 27.3 Å². The fourth-order valence-corrected chi connectivity index (χ4v) is 5.78. The zero-order valence-electron chi connectivity index (χ0n) is 18.5.